The number of thioether (sulfide) groups is 1. The van der Waals surface area contributed by atoms with Crippen LogP contribution < -0.4 is 10.1 Å². The van der Waals surface area contributed by atoms with Crippen molar-refractivity contribution in [1.82, 2.24) is 4.90 Å². The molecule has 0 aliphatic carbocycles. The second-order valence-corrected chi connectivity index (χ2v) is 11.0. The van der Waals surface area contributed by atoms with Gasteiger partial charge in [-0.15, -0.1) is 22.3 Å². The second-order valence-electron chi connectivity index (χ2n) is 6.24. The van der Waals surface area contributed by atoms with Crippen LogP contribution in [0.4, 0.5) is 5.69 Å². The van der Waals surface area contributed by atoms with Gasteiger partial charge in [-0.05, 0) is 24.3 Å². The Kier molecular flexibility index (Phi) is 7.42. The molecule has 3 rings (SSSR count). The molecule has 1 fully saturated rings. The number of benzene rings is 1. The van der Waals surface area contributed by atoms with Crippen LogP contribution in [-0.2, 0) is 19.6 Å². The van der Waals surface area contributed by atoms with E-state index >= 15 is 0 Å². The molecular formula is C19H18ClN3O5S3. The molecule has 1 aliphatic rings. The summed E-state index contributed by atoms with van der Waals surface area (Å²) in [4.78, 5) is 26.5. The van der Waals surface area contributed by atoms with E-state index in [0.717, 1.165) is 23.1 Å². The predicted molar refractivity (Wildman–Crippen MR) is 123 cm³/mol. The smallest absolute Gasteiger partial charge is 0.294 e. The Morgan fingerprint density at radius 2 is 2.16 bits per heavy atom. The Morgan fingerprint density at radius 1 is 1.39 bits per heavy atom. The molecule has 8 nitrogen and oxygen atoms in total. The molecule has 1 unspecified atom stereocenters. The molecular weight excluding hydrogens is 482 g/mol. The maximum absolute atomic E-state index is 12.8. The zero-order valence-corrected chi connectivity index (χ0v) is 19.5. The van der Waals surface area contributed by atoms with Crippen LogP contribution in [0.2, 0.25) is 4.34 Å². The summed E-state index contributed by atoms with van der Waals surface area (Å²) in [5.41, 5.74) is 0.522. The number of nitrogens with one attached hydrogen (secondary N) is 1. The maximum atomic E-state index is 12.8. The van der Waals surface area contributed by atoms with Crippen molar-refractivity contribution in [2.45, 2.75) is 15.9 Å². The zero-order valence-electron chi connectivity index (χ0n) is 16.3. The van der Waals surface area contributed by atoms with E-state index in [2.05, 4.69) is 16.3 Å². The Hall–Kier alpha value is -2.34. The van der Waals surface area contributed by atoms with Crippen LogP contribution in [0, 0.1) is 0 Å². The van der Waals surface area contributed by atoms with Gasteiger partial charge in [0.1, 0.15) is 15.2 Å². The van der Waals surface area contributed by atoms with Crippen LogP contribution in [0.5, 0.6) is 5.75 Å². The van der Waals surface area contributed by atoms with Crippen LogP contribution in [-0.4, -0.2) is 49.2 Å². The van der Waals surface area contributed by atoms with E-state index in [4.69, 9.17) is 16.3 Å². The number of methoxy groups -OCH3 is 1. The molecule has 0 radical (unpaired) electrons. The first kappa shape index (κ1) is 23.3. The van der Waals surface area contributed by atoms with Crippen molar-refractivity contribution in [3.8, 4) is 5.75 Å². The number of amides is 2. The van der Waals surface area contributed by atoms with Crippen molar-refractivity contribution < 1.29 is 22.7 Å². The number of amidine groups is 1. The minimum atomic E-state index is -4.05. The molecule has 0 bridgehead atoms. The summed E-state index contributed by atoms with van der Waals surface area (Å²) in [5.74, 6) is -0.231. The molecule has 1 aromatic carbocycles. The lowest BCUT2D eigenvalue weighted by atomic mass is 10.2. The summed E-state index contributed by atoms with van der Waals surface area (Å²) in [7, 11) is -2.53. The Morgan fingerprint density at radius 3 is 2.81 bits per heavy atom. The molecule has 0 spiro atoms. The molecule has 0 saturated carbocycles. The number of halogens is 1. The quantitative estimate of drug-likeness (QED) is 0.556. The molecule has 1 aromatic heterocycles. The van der Waals surface area contributed by atoms with E-state index in [1.807, 2.05) is 0 Å². The number of hydrogen-bond acceptors (Lipinski definition) is 7. The summed E-state index contributed by atoms with van der Waals surface area (Å²) >= 11 is 7.62. The van der Waals surface area contributed by atoms with Crippen LogP contribution in [0.3, 0.4) is 0 Å². The first-order chi connectivity index (χ1) is 14.7. The lowest BCUT2D eigenvalue weighted by Crippen LogP contribution is -2.33. The number of ether oxygens (including phenoxy) is 1. The fourth-order valence-electron chi connectivity index (χ4n) is 2.67. The van der Waals surface area contributed by atoms with E-state index in [1.54, 1.807) is 24.3 Å². The van der Waals surface area contributed by atoms with Crippen molar-refractivity contribution in [2.24, 2.45) is 4.40 Å². The molecule has 164 valence electrons. The molecule has 1 aliphatic heterocycles. The normalized spacial score (nSPS) is 17.7. The van der Waals surface area contributed by atoms with E-state index in [0.29, 0.717) is 15.8 Å². The maximum Gasteiger partial charge on any atom is 0.294 e. The van der Waals surface area contributed by atoms with Gasteiger partial charge >= 0.3 is 0 Å². The highest BCUT2D eigenvalue weighted by Gasteiger charge is 2.39. The first-order valence-corrected chi connectivity index (χ1v) is 12.4. The third-order valence-electron chi connectivity index (χ3n) is 4.06. The average molecular weight is 500 g/mol. The number of hydrogen-bond donors (Lipinski definition) is 1. The summed E-state index contributed by atoms with van der Waals surface area (Å²) in [6.45, 7) is 3.66. The van der Waals surface area contributed by atoms with Gasteiger partial charge in [-0.25, -0.2) is 0 Å². The van der Waals surface area contributed by atoms with Crippen molar-refractivity contribution in [3.05, 3.63) is 53.4 Å². The highest BCUT2D eigenvalue weighted by atomic mass is 35.5. The van der Waals surface area contributed by atoms with Gasteiger partial charge in [0.15, 0.2) is 5.17 Å². The fraction of sp³-hybridized carbons (Fsp3) is 0.211. The van der Waals surface area contributed by atoms with Gasteiger partial charge in [0.25, 0.3) is 10.0 Å². The van der Waals surface area contributed by atoms with Gasteiger partial charge in [-0.2, -0.15) is 8.42 Å². The SMILES string of the molecule is C=CCN1C(=O)C(CC(=O)Nc2cccc(OC)c2)SC1=NS(=O)(=O)c1ccc(Cl)s1. The molecule has 2 heterocycles. The number of rotatable bonds is 8. The first-order valence-electron chi connectivity index (χ1n) is 8.86. The standard InChI is InChI=1S/C19H18ClN3O5S3/c1-3-9-23-18(25)14(11-16(24)21-12-5-4-6-13(10-12)28-2)29-19(23)22-31(26,27)17-8-7-15(20)30-17/h3-8,10,14H,1,9,11H2,2H3,(H,21,24). The van der Waals surface area contributed by atoms with Crippen molar-refractivity contribution in [2.75, 3.05) is 19.0 Å². The van der Waals surface area contributed by atoms with E-state index < -0.39 is 27.1 Å². The van der Waals surface area contributed by atoms with Gasteiger partial charge in [-0.3, -0.25) is 14.5 Å². The molecule has 2 aromatic rings. The van der Waals surface area contributed by atoms with E-state index in [9.17, 15) is 18.0 Å². The Labute approximate surface area is 193 Å². The van der Waals surface area contributed by atoms with E-state index in [-0.39, 0.29) is 22.3 Å². The zero-order chi connectivity index (χ0) is 22.6. The second kappa shape index (κ2) is 9.86. The average Bonchev–Trinajstić information content (AvgIpc) is 3.28. The van der Waals surface area contributed by atoms with Crippen molar-refractivity contribution in [3.63, 3.8) is 0 Å². The number of nitrogens with zero attached hydrogens (tertiary/aromatic N) is 2. The molecule has 2 amide bonds. The third kappa shape index (κ3) is 5.67. The fourth-order valence-corrected chi connectivity index (χ4v) is 6.50. The van der Waals surface area contributed by atoms with Crippen LogP contribution >= 0.6 is 34.7 Å². The summed E-state index contributed by atoms with van der Waals surface area (Å²) < 4.78 is 34.4. The monoisotopic (exact) mass is 499 g/mol. The minimum absolute atomic E-state index is 0.00592. The molecule has 1 N–H and O–H groups in total. The van der Waals surface area contributed by atoms with Gasteiger partial charge in [-0.1, -0.05) is 35.5 Å². The molecule has 1 atom stereocenters. The lowest BCUT2D eigenvalue weighted by Gasteiger charge is -2.13. The van der Waals surface area contributed by atoms with Gasteiger partial charge in [0, 0.05) is 24.7 Å². The largest absolute Gasteiger partial charge is 0.497 e. The van der Waals surface area contributed by atoms with Crippen molar-refractivity contribution >= 4 is 67.4 Å². The highest BCUT2D eigenvalue weighted by Crippen LogP contribution is 2.33. The van der Waals surface area contributed by atoms with E-state index in [1.165, 1.54) is 30.2 Å². The number of carbonyl (C=O) groups is 2. The van der Waals surface area contributed by atoms with Crippen LogP contribution in [0.15, 0.2) is 57.7 Å². The van der Waals surface area contributed by atoms with Gasteiger partial charge in [0.05, 0.1) is 11.4 Å². The predicted octanol–water partition coefficient (Wildman–Crippen LogP) is 3.61. The van der Waals surface area contributed by atoms with Crippen LogP contribution in [0.25, 0.3) is 0 Å². The number of carbonyl (C=O) groups excluding carboxylic acids is 2. The summed E-state index contributed by atoms with van der Waals surface area (Å²) in [5, 5.41) is 1.89. The number of thiophene rings is 1. The number of anilines is 1. The topological polar surface area (TPSA) is 105 Å². The van der Waals surface area contributed by atoms with Crippen LogP contribution in [0.1, 0.15) is 6.42 Å². The Bertz CT molecular complexity index is 1150. The van der Waals surface area contributed by atoms with Gasteiger partial charge in [0.2, 0.25) is 11.8 Å². The van der Waals surface area contributed by atoms with Crippen molar-refractivity contribution in [1.29, 1.82) is 0 Å². The number of sulfonamides is 1. The minimum Gasteiger partial charge on any atom is -0.497 e. The lowest BCUT2D eigenvalue weighted by molar-refractivity contribution is -0.127. The molecule has 1 saturated heterocycles. The Balaban J connectivity index is 1.77. The summed E-state index contributed by atoms with van der Waals surface area (Å²) in [6, 6.07) is 9.62. The third-order valence-corrected chi connectivity index (χ3v) is 8.31. The molecule has 12 heteroatoms. The molecule has 31 heavy (non-hydrogen) atoms. The van der Waals surface area contributed by atoms with Gasteiger partial charge < -0.3 is 10.1 Å². The highest BCUT2D eigenvalue weighted by molar-refractivity contribution is 8.16. The summed E-state index contributed by atoms with van der Waals surface area (Å²) in [6.07, 6.45) is 1.31.